The van der Waals surface area contributed by atoms with E-state index in [4.69, 9.17) is 17.3 Å². The van der Waals surface area contributed by atoms with Crippen molar-refractivity contribution in [3.8, 4) is 0 Å². The zero-order chi connectivity index (χ0) is 14.9. The molecule has 0 aromatic heterocycles. The van der Waals surface area contributed by atoms with Crippen molar-refractivity contribution in [3.05, 3.63) is 56.5 Å². The van der Waals surface area contributed by atoms with E-state index >= 15 is 0 Å². The first kappa shape index (κ1) is 14.9. The standard InChI is InChI=1S/C15H14BrClN2O/c1-8-3-4-10(6-11(8)16)15(20)19-14-7-12(17)13(18)5-9(14)2/h3-7H,18H2,1-2H3,(H,19,20). The highest BCUT2D eigenvalue weighted by atomic mass is 79.9. The molecule has 0 radical (unpaired) electrons. The summed E-state index contributed by atoms with van der Waals surface area (Å²) in [4.78, 5) is 12.2. The van der Waals surface area contributed by atoms with Gasteiger partial charge in [0.25, 0.3) is 5.91 Å². The second-order valence-electron chi connectivity index (χ2n) is 4.61. The molecule has 0 spiro atoms. The largest absolute Gasteiger partial charge is 0.398 e. The van der Waals surface area contributed by atoms with Crippen LogP contribution < -0.4 is 11.1 Å². The number of carbonyl (C=O) groups excluding carboxylic acids is 1. The molecule has 0 aliphatic carbocycles. The van der Waals surface area contributed by atoms with Gasteiger partial charge in [-0.25, -0.2) is 0 Å². The Kier molecular flexibility index (Phi) is 4.35. The molecule has 104 valence electrons. The molecule has 3 N–H and O–H groups in total. The zero-order valence-electron chi connectivity index (χ0n) is 11.1. The first-order chi connectivity index (χ1) is 9.38. The molecule has 20 heavy (non-hydrogen) atoms. The van der Waals surface area contributed by atoms with Gasteiger partial charge >= 0.3 is 0 Å². The Bertz CT molecular complexity index is 686. The normalized spacial score (nSPS) is 10.4. The maximum absolute atomic E-state index is 12.2. The summed E-state index contributed by atoms with van der Waals surface area (Å²) in [5.74, 6) is -0.186. The smallest absolute Gasteiger partial charge is 0.255 e. The number of hydrogen-bond donors (Lipinski definition) is 2. The molecule has 2 aromatic rings. The fraction of sp³-hybridized carbons (Fsp3) is 0.133. The quantitative estimate of drug-likeness (QED) is 0.778. The van der Waals surface area contributed by atoms with Crippen LogP contribution in [0.25, 0.3) is 0 Å². The van der Waals surface area contributed by atoms with Crippen LogP contribution in [-0.2, 0) is 0 Å². The lowest BCUT2D eigenvalue weighted by Gasteiger charge is -2.11. The lowest BCUT2D eigenvalue weighted by molar-refractivity contribution is 0.102. The highest BCUT2D eigenvalue weighted by Crippen LogP contribution is 2.27. The van der Waals surface area contributed by atoms with Crippen LogP contribution >= 0.6 is 27.5 Å². The number of nitrogens with one attached hydrogen (secondary N) is 1. The molecule has 0 aliphatic rings. The van der Waals surface area contributed by atoms with Crippen LogP contribution in [0.2, 0.25) is 5.02 Å². The van der Waals surface area contributed by atoms with Gasteiger partial charge in [0.1, 0.15) is 0 Å². The number of benzene rings is 2. The third-order valence-corrected chi connectivity index (χ3v) is 4.21. The van der Waals surface area contributed by atoms with E-state index in [2.05, 4.69) is 21.2 Å². The van der Waals surface area contributed by atoms with Gasteiger partial charge in [-0.2, -0.15) is 0 Å². The molecule has 0 bridgehead atoms. The summed E-state index contributed by atoms with van der Waals surface area (Å²) in [6.45, 7) is 3.84. The van der Waals surface area contributed by atoms with E-state index in [-0.39, 0.29) is 5.91 Å². The SMILES string of the molecule is Cc1ccc(C(=O)Nc2cc(Cl)c(N)cc2C)cc1Br. The van der Waals surface area contributed by atoms with E-state index in [1.807, 2.05) is 19.9 Å². The number of anilines is 2. The zero-order valence-corrected chi connectivity index (χ0v) is 13.5. The van der Waals surface area contributed by atoms with Crippen molar-refractivity contribution in [2.24, 2.45) is 0 Å². The monoisotopic (exact) mass is 352 g/mol. The molecular weight excluding hydrogens is 340 g/mol. The van der Waals surface area contributed by atoms with Crippen molar-refractivity contribution in [2.75, 3.05) is 11.1 Å². The minimum Gasteiger partial charge on any atom is -0.398 e. The van der Waals surface area contributed by atoms with Crippen LogP contribution in [0.4, 0.5) is 11.4 Å². The second kappa shape index (κ2) is 5.85. The summed E-state index contributed by atoms with van der Waals surface area (Å²) in [6.07, 6.45) is 0. The van der Waals surface area contributed by atoms with Crippen LogP contribution in [0.3, 0.4) is 0 Å². The number of carbonyl (C=O) groups is 1. The number of rotatable bonds is 2. The first-order valence-electron chi connectivity index (χ1n) is 6.01. The summed E-state index contributed by atoms with van der Waals surface area (Å²) in [5, 5.41) is 3.27. The van der Waals surface area contributed by atoms with E-state index in [1.165, 1.54) is 0 Å². The molecule has 2 aromatic carbocycles. The lowest BCUT2D eigenvalue weighted by Crippen LogP contribution is -2.13. The van der Waals surface area contributed by atoms with Gasteiger partial charge in [0.15, 0.2) is 0 Å². The summed E-state index contributed by atoms with van der Waals surface area (Å²) in [5.41, 5.74) is 9.40. The van der Waals surface area contributed by atoms with Gasteiger partial charge in [0, 0.05) is 15.7 Å². The Hall–Kier alpha value is -1.52. The lowest BCUT2D eigenvalue weighted by atomic mass is 10.1. The molecule has 0 unspecified atom stereocenters. The molecule has 3 nitrogen and oxygen atoms in total. The molecule has 0 fully saturated rings. The van der Waals surface area contributed by atoms with Crippen LogP contribution in [0.15, 0.2) is 34.8 Å². The molecule has 2 rings (SSSR count). The van der Waals surface area contributed by atoms with Crippen molar-refractivity contribution in [2.45, 2.75) is 13.8 Å². The average molecular weight is 354 g/mol. The van der Waals surface area contributed by atoms with E-state index < -0.39 is 0 Å². The number of aryl methyl sites for hydroxylation is 2. The molecule has 5 heteroatoms. The fourth-order valence-electron chi connectivity index (χ4n) is 1.77. The second-order valence-corrected chi connectivity index (χ2v) is 5.87. The highest BCUT2D eigenvalue weighted by Gasteiger charge is 2.10. The third kappa shape index (κ3) is 3.14. The molecule has 0 heterocycles. The summed E-state index contributed by atoms with van der Waals surface area (Å²) in [6, 6.07) is 8.86. The van der Waals surface area contributed by atoms with E-state index in [0.717, 1.165) is 15.6 Å². The minimum atomic E-state index is -0.186. The highest BCUT2D eigenvalue weighted by molar-refractivity contribution is 9.10. The van der Waals surface area contributed by atoms with Crippen LogP contribution in [0.1, 0.15) is 21.5 Å². The Morgan fingerprint density at radius 1 is 1.20 bits per heavy atom. The summed E-state index contributed by atoms with van der Waals surface area (Å²) < 4.78 is 0.900. The minimum absolute atomic E-state index is 0.186. The van der Waals surface area contributed by atoms with Crippen molar-refractivity contribution in [3.63, 3.8) is 0 Å². The van der Waals surface area contributed by atoms with E-state index in [1.54, 1.807) is 24.3 Å². The number of nitrogen functional groups attached to an aromatic ring is 1. The van der Waals surface area contributed by atoms with Gasteiger partial charge in [-0.1, -0.05) is 33.6 Å². The van der Waals surface area contributed by atoms with Crippen molar-refractivity contribution in [1.82, 2.24) is 0 Å². The van der Waals surface area contributed by atoms with Crippen molar-refractivity contribution >= 4 is 44.8 Å². The Labute approximate surface area is 131 Å². The van der Waals surface area contributed by atoms with E-state index in [9.17, 15) is 4.79 Å². The van der Waals surface area contributed by atoms with Crippen molar-refractivity contribution < 1.29 is 4.79 Å². The van der Waals surface area contributed by atoms with Crippen LogP contribution in [0, 0.1) is 13.8 Å². The molecule has 0 saturated carbocycles. The van der Waals surface area contributed by atoms with Gasteiger partial charge in [-0.05, 0) is 49.2 Å². The molecule has 0 aliphatic heterocycles. The molecule has 0 atom stereocenters. The Morgan fingerprint density at radius 2 is 1.90 bits per heavy atom. The van der Waals surface area contributed by atoms with Crippen LogP contribution in [0.5, 0.6) is 0 Å². The fourth-order valence-corrected chi connectivity index (χ4v) is 2.31. The predicted molar refractivity (Wildman–Crippen MR) is 87.4 cm³/mol. The number of amides is 1. The summed E-state index contributed by atoms with van der Waals surface area (Å²) >= 11 is 9.40. The molecule has 0 saturated heterocycles. The third-order valence-electron chi connectivity index (χ3n) is 3.03. The number of nitrogens with two attached hydrogens (primary N) is 1. The van der Waals surface area contributed by atoms with Crippen molar-refractivity contribution in [1.29, 1.82) is 0 Å². The van der Waals surface area contributed by atoms with Gasteiger partial charge < -0.3 is 11.1 Å². The van der Waals surface area contributed by atoms with Gasteiger partial charge in [0.05, 0.1) is 10.7 Å². The number of halogens is 2. The van der Waals surface area contributed by atoms with E-state index in [0.29, 0.717) is 22.0 Å². The van der Waals surface area contributed by atoms with Gasteiger partial charge in [-0.3, -0.25) is 4.79 Å². The summed E-state index contributed by atoms with van der Waals surface area (Å²) in [7, 11) is 0. The Morgan fingerprint density at radius 3 is 2.55 bits per heavy atom. The van der Waals surface area contributed by atoms with Gasteiger partial charge in [-0.15, -0.1) is 0 Å². The predicted octanol–water partition coefficient (Wildman–Crippen LogP) is 4.55. The Balaban J connectivity index is 2.27. The topological polar surface area (TPSA) is 55.1 Å². The molecular formula is C15H14BrClN2O. The molecule has 1 amide bonds. The average Bonchev–Trinajstić information content (AvgIpc) is 2.39. The maximum Gasteiger partial charge on any atom is 0.255 e. The number of hydrogen-bond acceptors (Lipinski definition) is 2. The first-order valence-corrected chi connectivity index (χ1v) is 7.18. The van der Waals surface area contributed by atoms with Gasteiger partial charge in [0.2, 0.25) is 0 Å². The van der Waals surface area contributed by atoms with Crippen LogP contribution in [-0.4, -0.2) is 5.91 Å². The maximum atomic E-state index is 12.2.